The first-order chi connectivity index (χ1) is 12.4. The molecular formula is C22H33N3O. The van der Waals surface area contributed by atoms with Gasteiger partial charge in [0.05, 0.1) is 0 Å². The topological polar surface area (TPSA) is 45.2 Å². The minimum atomic E-state index is 0.0829. The number of rotatable bonds is 4. The second kappa shape index (κ2) is 6.95. The molecule has 2 fully saturated rings. The van der Waals surface area contributed by atoms with E-state index >= 15 is 0 Å². The molecule has 0 aromatic carbocycles. The van der Waals surface area contributed by atoms with Gasteiger partial charge >= 0.3 is 0 Å². The van der Waals surface area contributed by atoms with Gasteiger partial charge in [0.1, 0.15) is 0 Å². The lowest BCUT2D eigenvalue weighted by Gasteiger charge is -2.47. The summed E-state index contributed by atoms with van der Waals surface area (Å²) < 4.78 is 0. The van der Waals surface area contributed by atoms with E-state index in [0.717, 1.165) is 44.2 Å². The standard InChI is InChI=1S/C22H33N3O/c1-15-8-16(9-15)13-25-7-5-20(22(2,3)14-25)24-21(26)18-10-17-4-6-23-12-19(17)11-18/h4,6,12,15-16,18,20H,5,7-11,13-14H2,1-3H3,(H,24,26). The molecule has 4 rings (SSSR count). The normalized spacial score (nSPS) is 33.3. The van der Waals surface area contributed by atoms with Crippen molar-refractivity contribution in [2.75, 3.05) is 19.6 Å². The maximum absolute atomic E-state index is 12.9. The van der Waals surface area contributed by atoms with Crippen LogP contribution in [0.15, 0.2) is 18.5 Å². The van der Waals surface area contributed by atoms with Crippen LogP contribution in [0.5, 0.6) is 0 Å². The van der Waals surface area contributed by atoms with Crippen LogP contribution in [0.2, 0.25) is 0 Å². The predicted molar refractivity (Wildman–Crippen MR) is 104 cm³/mol. The molecule has 26 heavy (non-hydrogen) atoms. The van der Waals surface area contributed by atoms with Gasteiger partial charge in [-0.25, -0.2) is 0 Å². The highest BCUT2D eigenvalue weighted by Gasteiger charge is 2.39. The molecule has 3 aliphatic rings. The second-order valence-electron chi connectivity index (χ2n) is 9.77. The number of fused-ring (bicyclic) bond motifs is 1. The molecule has 1 aromatic heterocycles. The molecule has 1 amide bonds. The fourth-order valence-corrected chi connectivity index (χ4v) is 5.39. The summed E-state index contributed by atoms with van der Waals surface area (Å²) in [7, 11) is 0. The number of pyridine rings is 1. The van der Waals surface area contributed by atoms with E-state index in [4.69, 9.17) is 0 Å². The van der Waals surface area contributed by atoms with Gasteiger partial charge in [0.2, 0.25) is 5.91 Å². The summed E-state index contributed by atoms with van der Waals surface area (Å²) in [4.78, 5) is 19.7. The third kappa shape index (κ3) is 3.66. The first kappa shape index (κ1) is 18.0. The summed E-state index contributed by atoms with van der Waals surface area (Å²) in [6.45, 7) is 10.5. The highest BCUT2D eigenvalue weighted by Crippen LogP contribution is 2.36. The highest BCUT2D eigenvalue weighted by atomic mass is 16.2. The zero-order valence-electron chi connectivity index (χ0n) is 16.5. The van der Waals surface area contributed by atoms with Crippen LogP contribution in [-0.2, 0) is 17.6 Å². The van der Waals surface area contributed by atoms with E-state index in [2.05, 4.69) is 42.0 Å². The van der Waals surface area contributed by atoms with E-state index < -0.39 is 0 Å². The molecule has 1 aromatic rings. The van der Waals surface area contributed by atoms with Gasteiger partial charge in [0.15, 0.2) is 0 Å². The molecule has 1 saturated carbocycles. The van der Waals surface area contributed by atoms with Gasteiger partial charge in [-0.15, -0.1) is 0 Å². The lowest BCUT2D eigenvalue weighted by molar-refractivity contribution is -0.127. The van der Waals surface area contributed by atoms with Gasteiger partial charge in [-0.2, -0.15) is 0 Å². The number of amides is 1. The number of hydrogen-bond donors (Lipinski definition) is 1. The zero-order valence-corrected chi connectivity index (χ0v) is 16.5. The zero-order chi connectivity index (χ0) is 18.3. The molecular weight excluding hydrogens is 322 g/mol. The molecule has 2 unspecified atom stereocenters. The molecule has 2 atom stereocenters. The number of likely N-dealkylation sites (tertiary alicyclic amines) is 1. The number of hydrogen-bond acceptors (Lipinski definition) is 3. The lowest BCUT2D eigenvalue weighted by Crippen LogP contribution is -2.57. The van der Waals surface area contributed by atoms with Crippen molar-refractivity contribution < 1.29 is 4.79 Å². The van der Waals surface area contributed by atoms with E-state index in [1.54, 1.807) is 0 Å². The van der Waals surface area contributed by atoms with Crippen LogP contribution in [0.4, 0.5) is 0 Å². The smallest absolute Gasteiger partial charge is 0.224 e. The van der Waals surface area contributed by atoms with Gasteiger partial charge in [0.25, 0.3) is 0 Å². The van der Waals surface area contributed by atoms with Crippen LogP contribution >= 0.6 is 0 Å². The third-order valence-corrected chi connectivity index (χ3v) is 6.92. The summed E-state index contributed by atoms with van der Waals surface area (Å²) in [5.74, 6) is 2.15. The Morgan fingerprint density at radius 1 is 1.31 bits per heavy atom. The molecule has 142 valence electrons. The van der Waals surface area contributed by atoms with Gasteiger partial charge in [-0.05, 0) is 66.5 Å². The number of piperidine rings is 1. The Morgan fingerprint density at radius 2 is 2.08 bits per heavy atom. The molecule has 4 heteroatoms. The molecule has 1 saturated heterocycles. The number of aromatic nitrogens is 1. The Labute approximate surface area is 157 Å². The van der Waals surface area contributed by atoms with E-state index in [-0.39, 0.29) is 23.3 Å². The van der Waals surface area contributed by atoms with Gasteiger partial charge in [-0.1, -0.05) is 20.8 Å². The average molecular weight is 356 g/mol. The van der Waals surface area contributed by atoms with Crippen molar-refractivity contribution in [3.63, 3.8) is 0 Å². The summed E-state index contributed by atoms with van der Waals surface area (Å²) in [5.41, 5.74) is 2.68. The fourth-order valence-electron chi connectivity index (χ4n) is 5.39. The maximum atomic E-state index is 12.9. The van der Waals surface area contributed by atoms with Crippen molar-refractivity contribution in [2.24, 2.45) is 23.2 Å². The van der Waals surface area contributed by atoms with Crippen LogP contribution in [0.3, 0.4) is 0 Å². The van der Waals surface area contributed by atoms with Crippen LogP contribution in [0, 0.1) is 23.2 Å². The molecule has 1 aliphatic heterocycles. The predicted octanol–water partition coefficient (Wildman–Crippen LogP) is 3.06. The SMILES string of the molecule is CC1CC(CN2CCC(NC(=O)C3Cc4ccncc4C3)C(C)(C)C2)C1. The van der Waals surface area contributed by atoms with Gasteiger partial charge in [0, 0.05) is 44.0 Å². The Hall–Kier alpha value is -1.42. The largest absolute Gasteiger partial charge is 0.352 e. The summed E-state index contributed by atoms with van der Waals surface area (Å²) in [6.07, 6.45) is 9.33. The number of carbonyl (C=O) groups excluding carboxylic acids is 1. The number of nitrogens with one attached hydrogen (secondary N) is 1. The Kier molecular flexibility index (Phi) is 4.81. The number of carbonyl (C=O) groups is 1. The molecule has 4 nitrogen and oxygen atoms in total. The van der Waals surface area contributed by atoms with E-state index in [1.165, 1.54) is 30.5 Å². The first-order valence-corrected chi connectivity index (χ1v) is 10.3. The number of nitrogens with zero attached hydrogens (tertiary/aromatic N) is 2. The minimum absolute atomic E-state index is 0.0829. The van der Waals surface area contributed by atoms with Crippen LogP contribution in [-0.4, -0.2) is 41.5 Å². The molecule has 0 bridgehead atoms. The van der Waals surface area contributed by atoms with Gasteiger partial charge < -0.3 is 10.2 Å². The molecule has 0 spiro atoms. The van der Waals surface area contributed by atoms with E-state index in [0.29, 0.717) is 0 Å². The third-order valence-electron chi connectivity index (χ3n) is 6.92. The minimum Gasteiger partial charge on any atom is -0.352 e. The Balaban J connectivity index is 1.30. The van der Waals surface area contributed by atoms with Crippen LogP contribution in [0.25, 0.3) is 0 Å². The van der Waals surface area contributed by atoms with Crippen molar-refractivity contribution in [3.05, 3.63) is 29.6 Å². The van der Waals surface area contributed by atoms with Crippen molar-refractivity contribution in [1.29, 1.82) is 0 Å². The van der Waals surface area contributed by atoms with Gasteiger partial charge in [-0.3, -0.25) is 9.78 Å². The maximum Gasteiger partial charge on any atom is 0.224 e. The first-order valence-electron chi connectivity index (χ1n) is 10.3. The Morgan fingerprint density at radius 3 is 2.77 bits per heavy atom. The molecule has 2 heterocycles. The second-order valence-corrected chi connectivity index (χ2v) is 9.77. The van der Waals surface area contributed by atoms with Crippen LogP contribution < -0.4 is 5.32 Å². The van der Waals surface area contributed by atoms with E-state index in [1.807, 2.05) is 12.4 Å². The summed E-state index contributed by atoms with van der Waals surface area (Å²) in [5, 5.41) is 3.41. The summed E-state index contributed by atoms with van der Waals surface area (Å²) >= 11 is 0. The molecule has 1 N–H and O–H groups in total. The quantitative estimate of drug-likeness (QED) is 0.903. The average Bonchev–Trinajstić information content (AvgIpc) is 2.99. The van der Waals surface area contributed by atoms with Crippen molar-refractivity contribution in [2.45, 2.75) is 58.9 Å². The Bertz CT molecular complexity index is 640. The van der Waals surface area contributed by atoms with Crippen LogP contribution in [0.1, 0.15) is 51.2 Å². The highest BCUT2D eigenvalue weighted by molar-refractivity contribution is 5.80. The van der Waals surface area contributed by atoms with E-state index in [9.17, 15) is 4.79 Å². The monoisotopic (exact) mass is 355 g/mol. The van der Waals surface area contributed by atoms with Crippen molar-refractivity contribution in [1.82, 2.24) is 15.2 Å². The molecule has 0 radical (unpaired) electrons. The van der Waals surface area contributed by atoms with Crippen molar-refractivity contribution >= 4 is 5.91 Å². The summed E-state index contributed by atoms with van der Waals surface area (Å²) in [6, 6.07) is 2.35. The molecule has 2 aliphatic carbocycles. The lowest BCUT2D eigenvalue weighted by atomic mass is 9.74. The fraction of sp³-hybridized carbons (Fsp3) is 0.727. The van der Waals surface area contributed by atoms with Crippen molar-refractivity contribution in [3.8, 4) is 0 Å².